The summed E-state index contributed by atoms with van der Waals surface area (Å²) >= 11 is 1.55. The van der Waals surface area contributed by atoms with Gasteiger partial charge in [-0.2, -0.15) is 0 Å². The van der Waals surface area contributed by atoms with E-state index < -0.39 is 0 Å². The molecule has 3 nitrogen and oxygen atoms in total. The highest BCUT2D eigenvalue weighted by atomic mass is 32.2. The van der Waals surface area contributed by atoms with Gasteiger partial charge in [0.2, 0.25) is 5.91 Å². The van der Waals surface area contributed by atoms with Gasteiger partial charge in [0.05, 0.1) is 11.9 Å². The van der Waals surface area contributed by atoms with Gasteiger partial charge in [-0.15, -0.1) is 11.8 Å². The van der Waals surface area contributed by atoms with Gasteiger partial charge in [0.1, 0.15) is 0 Å². The van der Waals surface area contributed by atoms with Crippen LogP contribution in [0, 0.1) is 0 Å². The van der Waals surface area contributed by atoms with E-state index in [1.807, 2.05) is 6.92 Å². The Morgan fingerprint density at radius 2 is 2.36 bits per heavy atom. The Labute approximate surface area is 71.7 Å². The lowest BCUT2D eigenvalue weighted by Gasteiger charge is -2.08. The van der Waals surface area contributed by atoms with Crippen molar-refractivity contribution in [2.45, 2.75) is 18.6 Å². The molecule has 4 heteroatoms. The zero-order valence-corrected chi connectivity index (χ0v) is 7.82. The van der Waals surface area contributed by atoms with Crippen molar-refractivity contribution in [3.8, 4) is 0 Å². The molecule has 0 radical (unpaired) electrons. The van der Waals surface area contributed by atoms with Crippen LogP contribution in [0.4, 0.5) is 0 Å². The Bertz CT molecular complexity index is 119. The Hall–Kier alpha value is -0.220. The molecule has 0 rings (SSSR count). The molecule has 1 amide bonds. The second-order valence-corrected chi connectivity index (χ2v) is 3.47. The van der Waals surface area contributed by atoms with Crippen LogP contribution in [0.1, 0.15) is 13.3 Å². The molecule has 1 atom stereocenters. The number of amides is 1. The number of hydrogen-bond acceptors (Lipinski definition) is 3. The Morgan fingerprint density at radius 1 is 1.73 bits per heavy atom. The molecule has 0 spiro atoms. The summed E-state index contributed by atoms with van der Waals surface area (Å²) in [6.45, 7) is 2.63. The van der Waals surface area contributed by atoms with E-state index in [9.17, 15) is 4.79 Å². The van der Waals surface area contributed by atoms with Crippen molar-refractivity contribution in [1.29, 1.82) is 0 Å². The van der Waals surface area contributed by atoms with Crippen molar-refractivity contribution in [3.05, 3.63) is 0 Å². The van der Waals surface area contributed by atoms with Gasteiger partial charge in [-0.25, -0.2) is 0 Å². The third kappa shape index (κ3) is 5.09. The van der Waals surface area contributed by atoms with Crippen LogP contribution >= 0.6 is 11.8 Å². The number of thioether (sulfide) groups is 1. The number of nitrogens with two attached hydrogens (primary N) is 1. The van der Waals surface area contributed by atoms with Gasteiger partial charge < -0.3 is 10.5 Å². The summed E-state index contributed by atoms with van der Waals surface area (Å²) in [4.78, 5) is 10.7. The van der Waals surface area contributed by atoms with Gasteiger partial charge >= 0.3 is 0 Å². The minimum absolute atomic E-state index is 0.0508. The van der Waals surface area contributed by atoms with Crippen molar-refractivity contribution >= 4 is 17.7 Å². The highest BCUT2D eigenvalue weighted by Crippen LogP contribution is 2.13. The second-order valence-electron chi connectivity index (χ2n) is 2.16. The van der Waals surface area contributed by atoms with E-state index >= 15 is 0 Å². The minimum atomic E-state index is -0.228. The summed E-state index contributed by atoms with van der Waals surface area (Å²) in [6, 6.07) is 0. The number of ether oxygens (including phenoxy) is 1. The van der Waals surface area contributed by atoms with Crippen LogP contribution in [0.3, 0.4) is 0 Å². The van der Waals surface area contributed by atoms with Crippen LogP contribution in [-0.4, -0.2) is 30.6 Å². The first kappa shape index (κ1) is 10.8. The first-order valence-corrected chi connectivity index (χ1v) is 4.67. The molecule has 0 fully saturated rings. The predicted octanol–water partition coefficient (Wildman–Crippen LogP) is 0.630. The normalized spacial score (nSPS) is 12.9. The number of rotatable bonds is 6. The fraction of sp³-hybridized carbons (Fsp3) is 0.857. The van der Waals surface area contributed by atoms with Crippen molar-refractivity contribution in [3.63, 3.8) is 0 Å². The summed E-state index contributed by atoms with van der Waals surface area (Å²) in [5.74, 6) is 0.603. The molecule has 0 saturated carbocycles. The first-order valence-electron chi connectivity index (χ1n) is 3.62. The van der Waals surface area contributed by atoms with Crippen molar-refractivity contribution in [1.82, 2.24) is 0 Å². The minimum Gasteiger partial charge on any atom is -0.384 e. The van der Waals surface area contributed by atoms with E-state index in [1.54, 1.807) is 18.9 Å². The molecule has 0 aromatic heterocycles. The second kappa shape index (κ2) is 6.49. The molecule has 0 aliphatic carbocycles. The smallest absolute Gasteiger partial charge is 0.230 e. The zero-order valence-electron chi connectivity index (χ0n) is 7.00. The fourth-order valence-corrected chi connectivity index (χ4v) is 1.62. The van der Waals surface area contributed by atoms with Gasteiger partial charge in [-0.1, -0.05) is 6.92 Å². The zero-order chi connectivity index (χ0) is 8.69. The topological polar surface area (TPSA) is 52.3 Å². The molecule has 0 heterocycles. The Morgan fingerprint density at radius 3 is 2.73 bits per heavy atom. The number of primary amides is 1. The molecule has 1 unspecified atom stereocenters. The van der Waals surface area contributed by atoms with Crippen LogP contribution < -0.4 is 5.73 Å². The quantitative estimate of drug-likeness (QED) is 0.605. The Kier molecular flexibility index (Phi) is 6.36. The molecule has 0 bridgehead atoms. The van der Waals surface area contributed by atoms with Crippen molar-refractivity contribution in [2.75, 3.05) is 19.5 Å². The average molecular weight is 177 g/mol. The van der Waals surface area contributed by atoms with E-state index in [-0.39, 0.29) is 11.2 Å². The largest absolute Gasteiger partial charge is 0.384 e. The summed E-state index contributed by atoms with van der Waals surface area (Å²) in [7, 11) is 1.64. The molecule has 0 aromatic carbocycles. The van der Waals surface area contributed by atoms with Gasteiger partial charge in [0.15, 0.2) is 0 Å². The molecule has 0 saturated heterocycles. The molecule has 11 heavy (non-hydrogen) atoms. The maximum absolute atomic E-state index is 10.7. The van der Waals surface area contributed by atoms with E-state index in [4.69, 9.17) is 10.5 Å². The van der Waals surface area contributed by atoms with Gasteiger partial charge in [0, 0.05) is 12.9 Å². The lowest BCUT2D eigenvalue weighted by molar-refractivity contribution is -0.117. The summed E-state index contributed by atoms with van der Waals surface area (Å²) in [5, 5.41) is -0.0508. The molecular formula is C7H15NO2S. The number of carbonyl (C=O) groups excluding carboxylic acids is 1. The average Bonchev–Trinajstić information content (AvgIpc) is 1.97. The van der Waals surface area contributed by atoms with Gasteiger partial charge in [-0.05, 0) is 6.42 Å². The third-order valence-electron chi connectivity index (χ3n) is 1.29. The fourth-order valence-electron chi connectivity index (χ4n) is 0.675. The monoisotopic (exact) mass is 177 g/mol. The van der Waals surface area contributed by atoms with E-state index in [2.05, 4.69) is 0 Å². The molecule has 66 valence electrons. The van der Waals surface area contributed by atoms with Crippen LogP contribution in [0.2, 0.25) is 0 Å². The summed E-state index contributed by atoms with van der Waals surface area (Å²) in [5.41, 5.74) is 5.13. The maximum atomic E-state index is 10.7. The molecule has 0 aliphatic rings. The van der Waals surface area contributed by atoms with Crippen LogP contribution in [0.5, 0.6) is 0 Å². The maximum Gasteiger partial charge on any atom is 0.230 e. The van der Waals surface area contributed by atoms with Crippen molar-refractivity contribution in [2.24, 2.45) is 5.73 Å². The Balaban J connectivity index is 3.44. The number of hydrogen-bond donors (Lipinski definition) is 1. The number of methoxy groups -OCH3 is 1. The van der Waals surface area contributed by atoms with E-state index in [1.165, 1.54) is 0 Å². The van der Waals surface area contributed by atoms with Crippen LogP contribution in [0.15, 0.2) is 0 Å². The lowest BCUT2D eigenvalue weighted by atomic mass is 10.3. The van der Waals surface area contributed by atoms with Gasteiger partial charge in [-0.3, -0.25) is 4.79 Å². The summed E-state index contributed by atoms with van der Waals surface area (Å²) < 4.78 is 4.84. The highest BCUT2D eigenvalue weighted by Gasteiger charge is 2.11. The third-order valence-corrected chi connectivity index (χ3v) is 2.67. The highest BCUT2D eigenvalue weighted by molar-refractivity contribution is 8.00. The van der Waals surface area contributed by atoms with Crippen LogP contribution in [0.25, 0.3) is 0 Å². The summed E-state index contributed by atoms with van der Waals surface area (Å²) in [6.07, 6.45) is 0.795. The molecule has 0 aromatic rings. The van der Waals surface area contributed by atoms with E-state index in [0.29, 0.717) is 6.61 Å². The first-order chi connectivity index (χ1) is 5.22. The molecular weight excluding hydrogens is 162 g/mol. The van der Waals surface area contributed by atoms with Gasteiger partial charge in [0.25, 0.3) is 0 Å². The van der Waals surface area contributed by atoms with Crippen molar-refractivity contribution < 1.29 is 9.53 Å². The molecule has 0 aliphatic heterocycles. The number of carbonyl (C=O) groups is 1. The van der Waals surface area contributed by atoms with E-state index in [0.717, 1.165) is 12.2 Å². The molecule has 2 N–H and O–H groups in total. The lowest BCUT2D eigenvalue weighted by Crippen LogP contribution is -2.25. The SMILES string of the molecule is CCC(SCCOC)C(N)=O. The van der Waals surface area contributed by atoms with Crippen LogP contribution in [-0.2, 0) is 9.53 Å². The predicted molar refractivity (Wildman–Crippen MR) is 47.6 cm³/mol. The standard InChI is InChI=1S/C7H15NO2S/c1-3-6(7(8)9)11-5-4-10-2/h6H,3-5H2,1-2H3,(H2,8,9).